The molecule has 0 bridgehead atoms. The van der Waals surface area contributed by atoms with Gasteiger partial charge in [0.25, 0.3) is 0 Å². The Hall–Kier alpha value is -0.340. The third kappa shape index (κ3) is 4.32. The van der Waals surface area contributed by atoms with Gasteiger partial charge in [0.1, 0.15) is 10.3 Å². The van der Waals surface area contributed by atoms with Gasteiger partial charge in [-0.05, 0) is 33.6 Å². The molecular weight excluding hydrogens is 321 g/mol. The van der Waals surface area contributed by atoms with E-state index < -0.39 is 6.10 Å². The Morgan fingerprint density at radius 2 is 2.26 bits per heavy atom. The van der Waals surface area contributed by atoms with Crippen molar-refractivity contribution in [2.24, 2.45) is 0 Å². The number of aliphatic hydroxyl groups excluding tert-OH is 1. The number of halogens is 1. The van der Waals surface area contributed by atoms with Gasteiger partial charge in [-0.1, -0.05) is 25.8 Å². The van der Waals surface area contributed by atoms with Gasteiger partial charge in [-0.2, -0.15) is 5.21 Å². The van der Waals surface area contributed by atoms with Crippen molar-refractivity contribution < 1.29 is 36.1 Å². The Labute approximate surface area is 143 Å². The van der Waals surface area contributed by atoms with E-state index in [1.54, 1.807) is 6.07 Å². The minimum absolute atomic E-state index is 0. The molecule has 0 aliphatic carbocycles. The average molecular weight is 336 g/mol. The number of unbranched alkanes of at least 4 members (excludes halogenated alkanes) is 1. The van der Waals surface area contributed by atoms with Crippen LogP contribution in [0.3, 0.4) is 0 Å². The minimum atomic E-state index is -0.556. The van der Waals surface area contributed by atoms with Crippen LogP contribution in [-0.4, -0.2) is 30.7 Å². The Morgan fingerprint density at radius 1 is 1.47 bits per heavy atom. The first-order valence-corrected chi connectivity index (χ1v) is 6.60. The summed E-state index contributed by atoms with van der Waals surface area (Å²) in [5, 5.41) is 23.9. The van der Waals surface area contributed by atoms with E-state index in [-0.39, 0.29) is 31.0 Å². The van der Waals surface area contributed by atoms with Crippen LogP contribution >= 0.6 is 15.9 Å². The topological polar surface area (TPSA) is 87.6 Å². The zero-order valence-corrected chi connectivity index (χ0v) is 14.6. The van der Waals surface area contributed by atoms with Crippen molar-refractivity contribution in [3.8, 4) is 11.5 Å². The molecule has 8 heteroatoms. The summed E-state index contributed by atoms with van der Waals surface area (Å²) >= 11 is 3.30. The van der Waals surface area contributed by atoms with Gasteiger partial charge >= 0.3 is 29.6 Å². The summed E-state index contributed by atoms with van der Waals surface area (Å²) in [6.45, 7) is 2.09. The molecule has 1 unspecified atom stereocenters. The SMILES string of the molecule is CCCCC(O)c1ccc(Br)nc1-c1nn[nH]n1.[H-].[Na+]. The number of nitrogens with zero attached hydrogens (tertiary/aromatic N) is 4. The number of aromatic nitrogens is 5. The van der Waals surface area contributed by atoms with Crippen molar-refractivity contribution in [2.75, 3.05) is 0 Å². The predicted octanol–water partition coefficient (Wildman–Crippen LogP) is -0.636. The maximum Gasteiger partial charge on any atom is 1.00 e. The number of aliphatic hydroxyl groups is 1. The summed E-state index contributed by atoms with van der Waals surface area (Å²) in [4.78, 5) is 4.32. The van der Waals surface area contributed by atoms with Gasteiger partial charge < -0.3 is 6.53 Å². The molecule has 0 amide bonds. The van der Waals surface area contributed by atoms with Crippen LogP contribution in [0.5, 0.6) is 0 Å². The number of hydrogen-bond acceptors (Lipinski definition) is 5. The van der Waals surface area contributed by atoms with Gasteiger partial charge in [-0.25, -0.2) is 4.98 Å². The molecule has 19 heavy (non-hydrogen) atoms. The summed E-state index contributed by atoms with van der Waals surface area (Å²) < 4.78 is 0.675. The largest absolute Gasteiger partial charge is 1.00 e. The number of pyridine rings is 1. The summed E-state index contributed by atoms with van der Waals surface area (Å²) in [6.07, 6.45) is 2.14. The van der Waals surface area contributed by atoms with Crippen LogP contribution in [0.15, 0.2) is 16.7 Å². The van der Waals surface area contributed by atoms with Gasteiger partial charge in [0.15, 0.2) is 0 Å². The van der Waals surface area contributed by atoms with E-state index in [4.69, 9.17) is 0 Å². The molecule has 0 spiro atoms. The third-order valence-corrected chi connectivity index (χ3v) is 3.08. The molecule has 0 saturated heterocycles. The quantitative estimate of drug-likeness (QED) is 0.561. The van der Waals surface area contributed by atoms with E-state index in [0.29, 0.717) is 22.5 Å². The van der Waals surface area contributed by atoms with E-state index in [1.807, 2.05) is 6.07 Å². The van der Waals surface area contributed by atoms with Crippen molar-refractivity contribution in [1.82, 2.24) is 25.6 Å². The second kappa shape index (κ2) is 8.06. The molecule has 0 saturated carbocycles. The van der Waals surface area contributed by atoms with E-state index in [0.717, 1.165) is 18.4 Å². The fourth-order valence-electron chi connectivity index (χ4n) is 1.71. The third-order valence-electron chi connectivity index (χ3n) is 2.64. The van der Waals surface area contributed by atoms with Crippen LogP contribution in [0, 0.1) is 0 Å². The molecule has 2 rings (SSSR count). The summed E-state index contributed by atoms with van der Waals surface area (Å²) in [7, 11) is 0. The number of hydrogen-bond donors (Lipinski definition) is 2. The van der Waals surface area contributed by atoms with E-state index in [1.165, 1.54) is 0 Å². The second-order valence-electron chi connectivity index (χ2n) is 3.97. The Kier molecular flexibility index (Phi) is 7.09. The number of H-pyrrole nitrogens is 1. The van der Waals surface area contributed by atoms with Crippen LogP contribution in [0.1, 0.15) is 39.3 Å². The van der Waals surface area contributed by atoms with Crippen LogP contribution < -0.4 is 29.6 Å². The van der Waals surface area contributed by atoms with Crippen LogP contribution in [0.4, 0.5) is 0 Å². The number of nitrogens with one attached hydrogen (secondary N) is 1. The molecular formula is C11H15BrN5NaO. The predicted molar refractivity (Wildman–Crippen MR) is 70.7 cm³/mol. The van der Waals surface area contributed by atoms with Gasteiger partial charge in [-0.3, -0.25) is 0 Å². The fourth-order valence-corrected chi connectivity index (χ4v) is 2.02. The van der Waals surface area contributed by atoms with Crippen LogP contribution in [0.25, 0.3) is 11.5 Å². The zero-order chi connectivity index (χ0) is 13.0. The summed E-state index contributed by atoms with van der Waals surface area (Å²) in [5.41, 5.74) is 1.29. The summed E-state index contributed by atoms with van der Waals surface area (Å²) in [5.74, 6) is 0.391. The molecule has 0 radical (unpaired) electrons. The molecule has 2 heterocycles. The Balaban J connectivity index is 0.00000180. The van der Waals surface area contributed by atoms with E-state index in [9.17, 15) is 5.11 Å². The Morgan fingerprint density at radius 3 is 2.89 bits per heavy atom. The average Bonchev–Trinajstić information content (AvgIpc) is 2.89. The van der Waals surface area contributed by atoms with Gasteiger partial charge in [0.2, 0.25) is 5.82 Å². The molecule has 0 aromatic carbocycles. The van der Waals surface area contributed by atoms with Crippen molar-refractivity contribution in [2.45, 2.75) is 32.3 Å². The fraction of sp³-hybridized carbons (Fsp3) is 0.455. The summed E-state index contributed by atoms with van der Waals surface area (Å²) in [6, 6.07) is 3.64. The molecule has 2 aromatic rings. The maximum atomic E-state index is 10.2. The zero-order valence-electron chi connectivity index (χ0n) is 12.0. The molecule has 0 aliphatic heterocycles. The van der Waals surface area contributed by atoms with Gasteiger partial charge in [-0.15, -0.1) is 10.2 Å². The molecule has 1 atom stereocenters. The van der Waals surface area contributed by atoms with Gasteiger partial charge in [0, 0.05) is 5.56 Å². The van der Waals surface area contributed by atoms with Crippen molar-refractivity contribution in [3.63, 3.8) is 0 Å². The molecule has 0 aliphatic rings. The standard InChI is InChI=1S/C11H14BrN5O.Na.H/c1-2-3-4-8(18)7-5-6-9(12)13-10(7)11-14-16-17-15-11;;/h5-6,8,18H,2-4H2,1H3,(H,14,15,16,17);;/q;+1;-1. The molecule has 98 valence electrons. The maximum absolute atomic E-state index is 10.2. The monoisotopic (exact) mass is 335 g/mol. The molecule has 6 nitrogen and oxygen atoms in total. The number of aromatic amines is 1. The first-order valence-electron chi connectivity index (χ1n) is 5.80. The van der Waals surface area contributed by atoms with Crippen LogP contribution in [-0.2, 0) is 0 Å². The van der Waals surface area contributed by atoms with Crippen molar-refractivity contribution in [1.29, 1.82) is 0 Å². The second-order valence-corrected chi connectivity index (χ2v) is 4.78. The normalized spacial score (nSPS) is 11.9. The number of rotatable bonds is 5. The Bertz CT molecular complexity index is 514. The first kappa shape index (κ1) is 16.7. The van der Waals surface area contributed by atoms with Crippen molar-refractivity contribution >= 4 is 15.9 Å². The van der Waals surface area contributed by atoms with E-state index >= 15 is 0 Å². The number of tetrazole rings is 1. The minimum Gasteiger partial charge on any atom is -1.00 e. The van der Waals surface area contributed by atoms with Crippen LogP contribution in [0.2, 0.25) is 0 Å². The van der Waals surface area contributed by atoms with Gasteiger partial charge in [0.05, 0.1) is 6.10 Å². The van der Waals surface area contributed by atoms with E-state index in [2.05, 4.69) is 48.5 Å². The molecule has 2 N–H and O–H groups in total. The first-order chi connectivity index (χ1) is 8.72. The van der Waals surface area contributed by atoms with Crippen molar-refractivity contribution in [3.05, 3.63) is 22.3 Å². The smallest absolute Gasteiger partial charge is 1.00 e. The molecule has 2 aromatic heterocycles. The molecule has 0 fully saturated rings.